The summed E-state index contributed by atoms with van der Waals surface area (Å²) in [5, 5.41) is 1.05. The van der Waals surface area contributed by atoms with Gasteiger partial charge in [-0.2, -0.15) is 0 Å². The van der Waals surface area contributed by atoms with Gasteiger partial charge in [0, 0.05) is 43.8 Å². The predicted molar refractivity (Wildman–Crippen MR) is 192 cm³/mol. The Bertz CT molecular complexity index is 1810. The standard InChI is InChI=1S/C38H43Cl2N4O6/c1-26(45)41-15-17-42(18-16-41)29-8-12-31(13-9-29)49-25-30-23-43(22-27-5-10-32(11-6-27)50-37(46)38(2,3)4)36(33-14-7-28(39)21-34(33)40)44(30)24-35-47-19-20-48-35/h5-14,21,23,35H,15-20,22,24-25H2,1-4H3/q+1. The van der Waals surface area contributed by atoms with Crippen LogP contribution in [0.5, 0.6) is 11.5 Å². The number of aromatic nitrogens is 2. The van der Waals surface area contributed by atoms with Crippen LogP contribution in [0.2, 0.25) is 10.0 Å². The average molecular weight is 723 g/mol. The topological polar surface area (TPSA) is 86.4 Å². The van der Waals surface area contributed by atoms with Crippen LogP contribution in [0, 0.1) is 5.41 Å². The number of hydrogen-bond donors (Lipinski definition) is 0. The third kappa shape index (κ3) is 8.61. The van der Waals surface area contributed by atoms with Gasteiger partial charge in [-0.15, -0.1) is 0 Å². The molecule has 2 aliphatic heterocycles. The van der Waals surface area contributed by atoms with Crippen LogP contribution in [0.25, 0.3) is 11.4 Å². The number of nitrogens with zero attached hydrogens (tertiary/aromatic N) is 4. The molecule has 10 nitrogen and oxygen atoms in total. The van der Waals surface area contributed by atoms with Crippen LogP contribution < -0.4 is 18.9 Å². The van der Waals surface area contributed by atoms with E-state index in [1.54, 1.807) is 13.0 Å². The van der Waals surface area contributed by atoms with Gasteiger partial charge < -0.3 is 28.7 Å². The highest BCUT2D eigenvalue weighted by Gasteiger charge is 2.31. The number of rotatable bonds is 10. The summed E-state index contributed by atoms with van der Waals surface area (Å²) in [6, 6.07) is 21.0. The van der Waals surface area contributed by atoms with Crippen LogP contribution >= 0.6 is 23.2 Å². The molecule has 0 unspecified atom stereocenters. The molecule has 2 aliphatic rings. The quantitative estimate of drug-likeness (QED) is 0.107. The number of amides is 1. The molecule has 6 rings (SSSR count). The van der Waals surface area contributed by atoms with Crippen molar-refractivity contribution in [2.45, 2.75) is 53.7 Å². The number of hydrogen-bond acceptors (Lipinski definition) is 7. The molecule has 2 saturated heterocycles. The molecular weight excluding hydrogens is 679 g/mol. The van der Waals surface area contributed by atoms with Crippen LogP contribution in [-0.4, -0.2) is 67.0 Å². The van der Waals surface area contributed by atoms with E-state index in [1.165, 1.54) is 0 Å². The molecule has 0 spiro atoms. The molecule has 3 aromatic carbocycles. The number of benzene rings is 3. The number of carbonyl (C=O) groups is 2. The second-order valence-corrected chi connectivity index (χ2v) is 14.4. The zero-order valence-corrected chi connectivity index (χ0v) is 30.4. The first-order valence-corrected chi connectivity index (χ1v) is 17.6. The SMILES string of the molecule is CC(=O)N1CCN(c2ccc(OCc3c[n+](Cc4ccc(OC(=O)C(C)(C)C)cc4)c(-c4ccc(Cl)cc4Cl)n3CC3OCCO3)cc2)CC1. The Kier molecular flexibility index (Phi) is 11.0. The summed E-state index contributed by atoms with van der Waals surface area (Å²) in [6.45, 7) is 12.4. The van der Waals surface area contributed by atoms with Gasteiger partial charge in [0.25, 0.3) is 5.82 Å². The highest BCUT2D eigenvalue weighted by molar-refractivity contribution is 6.36. The summed E-state index contributed by atoms with van der Waals surface area (Å²) >= 11 is 13.2. The Hall–Kier alpha value is -4.09. The Labute approximate surface area is 303 Å². The zero-order valence-electron chi connectivity index (χ0n) is 28.9. The molecule has 12 heteroatoms. The predicted octanol–water partition coefficient (Wildman–Crippen LogP) is 6.37. The van der Waals surface area contributed by atoms with E-state index in [0.29, 0.717) is 55.2 Å². The maximum absolute atomic E-state index is 12.4. The number of imidazole rings is 1. The number of anilines is 1. The molecule has 50 heavy (non-hydrogen) atoms. The molecular formula is C38H43Cl2N4O6+. The van der Waals surface area contributed by atoms with Crippen molar-refractivity contribution in [3.63, 3.8) is 0 Å². The van der Waals surface area contributed by atoms with E-state index >= 15 is 0 Å². The van der Waals surface area contributed by atoms with Crippen molar-refractivity contribution < 1.29 is 33.1 Å². The lowest BCUT2D eigenvalue weighted by Crippen LogP contribution is -2.48. The molecule has 0 bridgehead atoms. The Morgan fingerprint density at radius 2 is 1.56 bits per heavy atom. The van der Waals surface area contributed by atoms with Crippen LogP contribution in [0.3, 0.4) is 0 Å². The first-order chi connectivity index (χ1) is 23.9. The van der Waals surface area contributed by atoms with E-state index < -0.39 is 11.7 Å². The molecule has 0 radical (unpaired) electrons. The second-order valence-electron chi connectivity index (χ2n) is 13.5. The lowest BCUT2D eigenvalue weighted by Gasteiger charge is -2.35. The van der Waals surface area contributed by atoms with Crippen molar-refractivity contribution in [3.05, 3.63) is 94.2 Å². The minimum absolute atomic E-state index is 0.115. The summed E-state index contributed by atoms with van der Waals surface area (Å²) in [7, 11) is 0. The van der Waals surface area contributed by atoms with Crippen molar-refractivity contribution in [2.24, 2.45) is 5.41 Å². The number of esters is 1. The van der Waals surface area contributed by atoms with E-state index in [-0.39, 0.29) is 18.5 Å². The summed E-state index contributed by atoms with van der Waals surface area (Å²) in [6.07, 6.45) is 1.63. The van der Waals surface area contributed by atoms with Crippen molar-refractivity contribution in [1.29, 1.82) is 0 Å². The van der Waals surface area contributed by atoms with Crippen molar-refractivity contribution in [3.8, 4) is 22.9 Å². The first kappa shape index (κ1) is 35.7. The Morgan fingerprint density at radius 1 is 0.900 bits per heavy atom. The fourth-order valence-corrected chi connectivity index (χ4v) is 6.48. The Morgan fingerprint density at radius 3 is 2.18 bits per heavy atom. The van der Waals surface area contributed by atoms with Gasteiger partial charge in [0.2, 0.25) is 5.91 Å². The van der Waals surface area contributed by atoms with E-state index in [0.717, 1.165) is 47.2 Å². The first-order valence-electron chi connectivity index (χ1n) is 16.8. The molecule has 4 aromatic rings. The molecule has 264 valence electrons. The highest BCUT2D eigenvalue weighted by Crippen LogP contribution is 2.31. The summed E-state index contributed by atoms with van der Waals surface area (Å²) in [4.78, 5) is 28.3. The highest BCUT2D eigenvalue weighted by atomic mass is 35.5. The maximum atomic E-state index is 12.4. The molecule has 0 aliphatic carbocycles. The lowest BCUT2D eigenvalue weighted by atomic mass is 9.97. The normalized spacial score (nSPS) is 15.4. The van der Waals surface area contributed by atoms with Gasteiger partial charge >= 0.3 is 5.97 Å². The molecule has 2 fully saturated rings. The van der Waals surface area contributed by atoms with Crippen LogP contribution in [0.4, 0.5) is 5.69 Å². The van der Waals surface area contributed by atoms with Crippen LogP contribution in [-0.2, 0) is 38.8 Å². The minimum Gasteiger partial charge on any atom is -0.485 e. The van der Waals surface area contributed by atoms with Gasteiger partial charge in [-0.3, -0.25) is 9.59 Å². The Balaban J connectivity index is 1.28. The van der Waals surface area contributed by atoms with E-state index in [4.69, 9.17) is 42.1 Å². The molecule has 1 aromatic heterocycles. The van der Waals surface area contributed by atoms with Crippen LogP contribution in [0.1, 0.15) is 39.0 Å². The largest absolute Gasteiger partial charge is 0.485 e. The van der Waals surface area contributed by atoms with Crippen LogP contribution in [0.15, 0.2) is 72.9 Å². The van der Waals surface area contributed by atoms with Gasteiger partial charge in [-0.1, -0.05) is 35.3 Å². The fraction of sp³-hybridized carbons (Fsp3) is 0.395. The third-order valence-electron chi connectivity index (χ3n) is 8.79. The average Bonchev–Trinajstić information content (AvgIpc) is 3.72. The number of ether oxygens (including phenoxy) is 4. The summed E-state index contributed by atoms with van der Waals surface area (Å²) < 4.78 is 28.0. The zero-order chi connectivity index (χ0) is 35.4. The van der Waals surface area contributed by atoms with Crippen molar-refractivity contribution >= 4 is 40.8 Å². The molecule has 0 N–H and O–H groups in total. The van der Waals surface area contributed by atoms with E-state index in [9.17, 15) is 9.59 Å². The minimum atomic E-state index is -0.607. The fourth-order valence-electron chi connectivity index (χ4n) is 5.98. The second kappa shape index (κ2) is 15.4. The molecule has 3 heterocycles. The van der Waals surface area contributed by atoms with Crippen molar-refractivity contribution in [2.75, 3.05) is 44.3 Å². The van der Waals surface area contributed by atoms with E-state index in [1.807, 2.05) is 74.2 Å². The number of carbonyl (C=O) groups excluding carboxylic acids is 2. The smallest absolute Gasteiger partial charge is 0.316 e. The van der Waals surface area contributed by atoms with Gasteiger partial charge in [0.1, 0.15) is 30.8 Å². The lowest BCUT2D eigenvalue weighted by molar-refractivity contribution is -0.677. The molecule has 0 saturated carbocycles. The summed E-state index contributed by atoms with van der Waals surface area (Å²) in [5.41, 5.74) is 3.17. The monoisotopic (exact) mass is 721 g/mol. The van der Waals surface area contributed by atoms with Gasteiger partial charge in [-0.25, -0.2) is 9.13 Å². The van der Waals surface area contributed by atoms with Gasteiger partial charge in [0.15, 0.2) is 18.6 Å². The van der Waals surface area contributed by atoms with Gasteiger partial charge in [-0.05, 0) is 80.9 Å². The number of piperazine rings is 1. The maximum Gasteiger partial charge on any atom is 0.316 e. The van der Waals surface area contributed by atoms with Crippen molar-refractivity contribution in [1.82, 2.24) is 9.47 Å². The summed E-state index contributed by atoms with van der Waals surface area (Å²) in [5.74, 6) is 1.89. The van der Waals surface area contributed by atoms with Gasteiger partial charge in [0.05, 0.1) is 29.2 Å². The van der Waals surface area contributed by atoms with E-state index in [2.05, 4.69) is 32.4 Å². The third-order valence-corrected chi connectivity index (χ3v) is 9.33. The number of halogens is 2. The molecule has 0 atom stereocenters. The molecule has 1 amide bonds.